The van der Waals surface area contributed by atoms with Gasteiger partial charge in [0.05, 0.1) is 5.56 Å². The zero-order chi connectivity index (χ0) is 13.8. The van der Waals surface area contributed by atoms with Gasteiger partial charge >= 0.3 is 0 Å². The Morgan fingerprint density at radius 2 is 1.95 bits per heavy atom. The third-order valence-electron chi connectivity index (χ3n) is 2.81. The van der Waals surface area contributed by atoms with Gasteiger partial charge in [-0.2, -0.15) is 0 Å². The molecule has 0 fully saturated rings. The van der Waals surface area contributed by atoms with Gasteiger partial charge in [0.1, 0.15) is 23.2 Å². The summed E-state index contributed by atoms with van der Waals surface area (Å²) in [6.07, 6.45) is 0. The predicted molar refractivity (Wildman–Crippen MR) is 77.8 cm³/mol. The lowest BCUT2D eigenvalue weighted by atomic mass is 10.1. The smallest absolute Gasteiger partial charge is 0.132 e. The average Bonchev–Trinajstić information content (AvgIpc) is 2.38. The van der Waals surface area contributed by atoms with Gasteiger partial charge in [-0.1, -0.05) is 42.5 Å². The summed E-state index contributed by atoms with van der Waals surface area (Å²) in [6.45, 7) is 2.05. The molecule has 2 rings (SSSR count). The van der Waals surface area contributed by atoms with Crippen molar-refractivity contribution in [3.63, 3.8) is 0 Å². The summed E-state index contributed by atoms with van der Waals surface area (Å²) in [7, 11) is 0. The highest BCUT2D eigenvalue weighted by molar-refractivity contribution is 7.80. The number of halogens is 1. The molecule has 0 aromatic heterocycles. The van der Waals surface area contributed by atoms with Crippen molar-refractivity contribution in [3.05, 3.63) is 65.0 Å². The second-order valence-electron chi connectivity index (χ2n) is 4.20. The topological polar surface area (TPSA) is 35.2 Å². The van der Waals surface area contributed by atoms with Crippen molar-refractivity contribution >= 4 is 17.2 Å². The Morgan fingerprint density at radius 1 is 1.21 bits per heavy atom. The van der Waals surface area contributed by atoms with Crippen LogP contribution in [0.4, 0.5) is 4.39 Å². The van der Waals surface area contributed by atoms with Crippen LogP contribution >= 0.6 is 12.2 Å². The van der Waals surface area contributed by atoms with Gasteiger partial charge in [0.2, 0.25) is 0 Å². The molecule has 0 unspecified atom stereocenters. The van der Waals surface area contributed by atoms with Crippen molar-refractivity contribution < 1.29 is 9.13 Å². The first-order chi connectivity index (χ1) is 9.09. The van der Waals surface area contributed by atoms with Crippen LogP contribution < -0.4 is 10.5 Å². The number of ether oxygens (including phenoxy) is 1. The summed E-state index contributed by atoms with van der Waals surface area (Å²) < 4.78 is 19.2. The molecule has 2 aromatic carbocycles. The number of hydrogen-bond acceptors (Lipinski definition) is 2. The van der Waals surface area contributed by atoms with Crippen LogP contribution in [-0.2, 0) is 6.61 Å². The normalized spacial score (nSPS) is 10.2. The van der Waals surface area contributed by atoms with Crippen LogP contribution in [-0.4, -0.2) is 4.99 Å². The Balaban J connectivity index is 2.25. The molecule has 98 valence electrons. The second kappa shape index (κ2) is 5.80. The van der Waals surface area contributed by atoms with Crippen molar-refractivity contribution in [2.75, 3.05) is 0 Å². The highest BCUT2D eigenvalue weighted by Gasteiger charge is 2.10. The van der Waals surface area contributed by atoms with Crippen LogP contribution in [0.2, 0.25) is 0 Å². The maximum absolute atomic E-state index is 13.5. The highest BCUT2D eigenvalue weighted by atomic mass is 32.1. The van der Waals surface area contributed by atoms with E-state index in [0.29, 0.717) is 16.9 Å². The number of benzene rings is 2. The maximum atomic E-state index is 13.5. The first kappa shape index (κ1) is 13.5. The third-order valence-corrected chi connectivity index (χ3v) is 3.03. The lowest BCUT2D eigenvalue weighted by molar-refractivity contribution is 0.297. The quantitative estimate of drug-likeness (QED) is 0.869. The largest absolute Gasteiger partial charge is 0.488 e. The fourth-order valence-corrected chi connectivity index (χ4v) is 1.96. The monoisotopic (exact) mass is 275 g/mol. The molecule has 4 heteroatoms. The molecule has 0 atom stereocenters. The molecular formula is C15H14FNOS. The fraction of sp³-hybridized carbons (Fsp3) is 0.133. The number of hydrogen-bond donors (Lipinski definition) is 1. The SMILES string of the molecule is Cc1cccc(C(N)=S)c1OCc1ccccc1F. The Bertz CT molecular complexity index is 613. The summed E-state index contributed by atoms with van der Waals surface area (Å²) >= 11 is 4.99. The molecule has 0 spiro atoms. The van der Waals surface area contributed by atoms with Crippen molar-refractivity contribution in [3.8, 4) is 5.75 Å². The van der Waals surface area contributed by atoms with Gasteiger partial charge in [0.15, 0.2) is 0 Å². The van der Waals surface area contributed by atoms with Gasteiger partial charge in [-0.3, -0.25) is 0 Å². The van der Waals surface area contributed by atoms with E-state index in [2.05, 4.69) is 0 Å². The molecule has 2 aromatic rings. The lowest BCUT2D eigenvalue weighted by Crippen LogP contribution is -2.12. The van der Waals surface area contributed by atoms with Gasteiger partial charge < -0.3 is 10.5 Å². The van der Waals surface area contributed by atoms with E-state index < -0.39 is 0 Å². The van der Waals surface area contributed by atoms with Gasteiger partial charge in [0, 0.05) is 5.56 Å². The zero-order valence-electron chi connectivity index (χ0n) is 10.5. The van der Waals surface area contributed by atoms with Gasteiger partial charge in [-0.05, 0) is 24.6 Å². The predicted octanol–water partition coefficient (Wildman–Crippen LogP) is 3.35. The van der Waals surface area contributed by atoms with Crippen molar-refractivity contribution in [2.45, 2.75) is 13.5 Å². The number of nitrogens with two attached hydrogens (primary N) is 1. The molecule has 0 bridgehead atoms. The number of thiocarbonyl (C=S) groups is 1. The van der Waals surface area contributed by atoms with Crippen molar-refractivity contribution in [1.82, 2.24) is 0 Å². The Labute approximate surface area is 117 Å². The molecule has 2 nitrogen and oxygen atoms in total. The van der Waals surface area contributed by atoms with Crippen LogP contribution in [0, 0.1) is 12.7 Å². The molecular weight excluding hydrogens is 261 g/mol. The molecule has 0 amide bonds. The van der Waals surface area contributed by atoms with E-state index in [4.69, 9.17) is 22.7 Å². The second-order valence-corrected chi connectivity index (χ2v) is 4.64. The Kier molecular flexibility index (Phi) is 4.12. The average molecular weight is 275 g/mol. The Morgan fingerprint density at radius 3 is 2.63 bits per heavy atom. The molecule has 0 heterocycles. The van der Waals surface area contributed by atoms with E-state index in [1.54, 1.807) is 24.3 Å². The molecule has 0 aliphatic rings. The molecule has 2 N–H and O–H groups in total. The molecule has 19 heavy (non-hydrogen) atoms. The Hall–Kier alpha value is -1.94. The van der Waals surface area contributed by atoms with Crippen LogP contribution in [0.15, 0.2) is 42.5 Å². The van der Waals surface area contributed by atoms with E-state index >= 15 is 0 Å². The van der Waals surface area contributed by atoms with Crippen molar-refractivity contribution in [2.24, 2.45) is 5.73 Å². The zero-order valence-corrected chi connectivity index (χ0v) is 11.3. The highest BCUT2D eigenvalue weighted by Crippen LogP contribution is 2.24. The van der Waals surface area contributed by atoms with Crippen LogP contribution in [0.5, 0.6) is 5.75 Å². The number of aryl methyl sites for hydroxylation is 1. The van der Waals surface area contributed by atoms with Gasteiger partial charge in [-0.15, -0.1) is 0 Å². The first-order valence-corrected chi connectivity index (χ1v) is 6.26. The lowest BCUT2D eigenvalue weighted by Gasteiger charge is -2.13. The number of rotatable bonds is 4. The van der Waals surface area contributed by atoms with Crippen molar-refractivity contribution in [1.29, 1.82) is 0 Å². The molecule has 0 saturated heterocycles. The van der Waals surface area contributed by atoms with E-state index in [0.717, 1.165) is 5.56 Å². The van der Waals surface area contributed by atoms with E-state index in [1.165, 1.54) is 6.07 Å². The van der Waals surface area contributed by atoms with E-state index in [9.17, 15) is 4.39 Å². The minimum absolute atomic E-state index is 0.146. The minimum Gasteiger partial charge on any atom is -0.488 e. The first-order valence-electron chi connectivity index (χ1n) is 5.85. The standard InChI is InChI=1S/C15H14FNOS/c1-10-5-4-7-12(15(17)19)14(10)18-9-11-6-2-3-8-13(11)16/h2-8H,9H2,1H3,(H2,17,19). The molecule has 0 aliphatic carbocycles. The molecule has 0 radical (unpaired) electrons. The maximum Gasteiger partial charge on any atom is 0.132 e. The summed E-state index contributed by atoms with van der Waals surface area (Å²) in [5, 5.41) is 0. The third kappa shape index (κ3) is 3.09. The fourth-order valence-electron chi connectivity index (χ4n) is 1.80. The summed E-state index contributed by atoms with van der Waals surface area (Å²) in [5.41, 5.74) is 7.75. The molecule has 0 saturated carbocycles. The van der Waals surface area contributed by atoms with E-state index in [-0.39, 0.29) is 17.4 Å². The summed E-state index contributed by atoms with van der Waals surface area (Å²) in [5.74, 6) is 0.325. The molecule has 0 aliphatic heterocycles. The van der Waals surface area contributed by atoms with Gasteiger partial charge in [-0.25, -0.2) is 4.39 Å². The van der Waals surface area contributed by atoms with Gasteiger partial charge in [0.25, 0.3) is 0 Å². The summed E-state index contributed by atoms with van der Waals surface area (Å²) in [6, 6.07) is 12.1. The van der Waals surface area contributed by atoms with Crippen LogP contribution in [0.25, 0.3) is 0 Å². The van der Waals surface area contributed by atoms with Crippen LogP contribution in [0.1, 0.15) is 16.7 Å². The van der Waals surface area contributed by atoms with E-state index in [1.807, 2.05) is 19.1 Å². The summed E-state index contributed by atoms with van der Waals surface area (Å²) in [4.78, 5) is 0.271. The van der Waals surface area contributed by atoms with Crippen LogP contribution in [0.3, 0.4) is 0 Å². The number of para-hydroxylation sites is 1. The minimum atomic E-state index is -0.284.